The summed E-state index contributed by atoms with van der Waals surface area (Å²) in [7, 11) is 1.88. The van der Waals surface area contributed by atoms with Gasteiger partial charge in [-0.25, -0.2) is 9.97 Å². The number of unbranched alkanes of at least 4 members (excludes halogenated alkanes) is 1. The molecule has 2 rings (SSSR count). The van der Waals surface area contributed by atoms with E-state index in [1.54, 1.807) is 29.4 Å². The van der Waals surface area contributed by atoms with Crippen LogP contribution >= 0.6 is 23.1 Å². The second kappa shape index (κ2) is 7.75. The summed E-state index contributed by atoms with van der Waals surface area (Å²) >= 11 is 3.32. The lowest BCUT2D eigenvalue weighted by Crippen LogP contribution is -2.27. The highest BCUT2D eigenvalue weighted by Gasteiger charge is 2.11. The first kappa shape index (κ1) is 16.2. The summed E-state index contributed by atoms with van der Waals surface area (Å²) in [6.45, 7) is 5.06. The van der Waals surface area contributed by atoms with Gasteiger partial charge in [0.1, 0.15) is 16.2 Å². The molecule has 114 valence electrons. The summed E-state index contributed by atoms with van der Waals surface area (Å²) in [6, 6.07) is 2.12. The maximum atomic E-state index is 12.0. The number of fused-ring (bicyclic) bond motifs is 1. The van der Waals surface area contributed by atoms with E-state index >= 15 is 0 Å². The Labute approximate surface area is 134 Å². The Hall–Kier alpha value is -1.14. The molecule has 0 aliphatic carbocycles. The van der Waals surface area contributed by atoms with Gasteiger partial charge in [-0.15, -0.1) is 23.1 Å². The number of hydrogen-bond donors (Lipinski definition) is 0. The van der Waals surface area contributed by atoms with Crippen LogP contribution in [0.5, 0.6) is 0 Å². The SMILES string of the molecule is CCCCN(C)C(=O)CCSc1ncnc2sc(C)cc12. The van der Waals surface area contributed by atoms with E-state index in [4.69, 9.17) is 0 Å². The summed E-state index contributed by atoms with van der Waals surface area (Å²) in [5, 5.41) is 2.09. The minimum absolute atomic E-state index is 0.211. The van der Waals surface area contributed by atoms with Crippen LogP contribution in [-0.4, -0.2) is 40.1 Å². The zero-order chi connectivity index (χ0) is 15.2. The monoisotopic (exact) mass is 323 g/mol. The summed E-state index contributed by atoms with van der Waals surface area (Å²) in [5.74, 6) is 0.971. The molecule has 0 saturated carbocycles. The number of thiophene rings is 1. The van der Waals surface area contributed by atoms with Gasteiger partial charge in [-0.2, -0.15) is 0 Å². The Morgan fingerprint density at radius 2 is 2.24 bits per heavy atom. The molecule has 2 heterocycles. The van der Waals surface area contributed by atoms with Crippen molar-refractivity contribution in [3.63, 3.8) is 0 Å². The van der Waals surface area contributed by atoms with E-state index in [0.29, 0.717) is 6.42 Å². The van der Waals surface area contributed by atoms with Gasteiger partial charge >= 0.3 is 0 Å². The maximum Gasteiger partial charge on any atom is 0.223 e. The van der Waals surface area contributed by atoms with Gasteiger partial charge < -0.3 is 4.90 Å². The van der Waals surface area contributed by atoms with Crippen molar-refractivity contribution in [3.05, 3.63) is 17.3 Å². The number of aromatic nitrogens is 2. The van der Waals surface area contributed by atoms with Crippen molar-refractivity contribution < 1.29 is 4.79 Å². The van der Waals surface area contributed by atoms with Gasteiger partial charge in [0.15, 0.2) is 0 Å². The third-order valence-corrected chi connectivity index (χ3v) is 5.21. The lowest BCUT2D eigenvalue weighted by molar-refractivity contribution is -0.129. The second-order valence-corrected chi connectivity index (χ2v) is 7.34. The molecule has 4 nitrogen and oxygen atoms in total. The molecule has 0 radical (unpaired) electrons. The lowest BCUT2D eigenvalue weighted by Gasteiger charge is -2.16. The van der Waals surface area contributed by atoms with Gasteiger partial charge in [0.2, 0.25) is 5.91 Å². The van der Waals surface area contributed by atoms with Crippen LogP contribution < -0.4 is 0 Å². The van der Waals surface area contributed by atoms with Crippen molar-refractivity contribution in [2.24, 2.45) is 0 Å². The molecule has 0 N–H and O–H groups in total. The van der Waals surface area contributed by atoms with Crippen LogP contribution in [0, 0.1) is 6.92 Å². The molecule has 0 saturated heterocycles. The Morgan fingerprint density at radius 3 is 3.00 bits per heavy atom. The number of amides is 1. The van der Waals surface area contributed by atoms with Gasteiger partial charge in [-0.05, 0) is 19.4 Å². The number of rotatable bonds is 7. The van der Waals surface area contributed by atoms with Crippen LogP contribution in [0.15, 0.2) is 17.4 Å². The maximum absolute atomic E-state index is 12.0. The largest absolute Gasteiger partial charge is 0.346 e. The molecule has 0 atom stereocenters. The van der Waals surface area contributed by atoms with E-state index in [2.05, 4.69) is 29.9 Å². The average Bonchev–Trinajstić information content (AvgIpc) is 2.85. The third kappa shape index (κ3) is 4.41. The second-order valence-electron chi connectivity index (χ2n) is 5.02. The highest BCUT2D eigenvalue weighted by Crippen LogP contribution is 2.30. The van der Waals surface area contributed by atoms with Gasteiger partial charge in [-0.1, -0.05) is 13.3 Å². The molecular weight excluding hydrogens is 302 g/mol. The molecular formula is C15H21N3OS2. The predicted molar refractivity (Wildman–Crippen MR) is 90.0 cm³/mol. The first-order valence-electron chi connectivity index (χ1n) is 7.19. The zero-order valence-corrected chi connectivity index (χ0v) is 14.4. The van der Waals surface area contributed by atoms with Crippen LogP contribution in [0.4, 0.5) is 0 Å². The predicted octanol–water partition coefficient (Wildman–Crippen LogP) is 3.74. The van der Waals surface area contributed by atoms with E-state index < -0.39 is 0 Å². The van der Waals surface area contributed by atoms with E-state index in [-0.39, 0.29) is 5.91 Å². The molecule has 6 heteroatoms. The molecule has 0 bridgehead atoms. The summed E-state index contributed by atoms with van der Waals surface area (Å²) < 4.78 is 0. The number of carbonyl (C=O) groups excluding carboxylic acids is 1. The van der Waals surface area contributed by atoms with Gasteiger partial charge in [-0.3, -0.25) is 4.79 Å². The van der Waals surface area contributed by atoms with Crippen molar-refractivity contribution in [2.45, 2.75) is 38.1 Å². The van der Waals surface area contributed by atoms with Crippen molar-refractivity contribution in [3.8, 4) is 0 Å². The highest BCUT2D eigenvalue weighted by molar-refractivity contribution is 7.99. The standard InChI is InChI=1S/C15H21N3OS2/c1-4-5-7-18(3)13(19)6-8-20-14-12-9-11(2)21-15(12)17-10-16-14/h9-10H,4-8H2,1-3H3. The first-order chi connectivity index (χ1) is 10.1. The molecule has 0 aromatic carbocycles. The topological polar surface area (TPSA) is 46.1 Å². The number of hydrogen-bond acceptors (Lipinski definition) is 5. The molecule has 0 unspecified atom stereocenters. The fourth-order valence-corrected chi connectivity index (χ4v) is 3.83. The zero-order valence-electron chi connectivity index (χ0n) is 12.8. The molecule has 1 amide bonds. The molecule has 0 aliphatic rings. The Balaban J connectivity index is 1.89. The third-order valence-electron chi connectivity index (χ3n) is 3.24. The minimum Gasteiger partial charge on any atom is -0.346 e. The molecule has 2 aromatic rings. The average molecular weight is 323 g/mol. The number of thioether (sulfide) groups is 1. The van der Waals surface area contributed by atoms with Crippen LogP contribution in [0.2, 0.25) is 0 Å². The Bertz CT molecular complexity index is 612. The van der Waals surface area contributed by atoms with Crippen LogP contribution in [-0.2, 0) is 4.79 Å². The highest BCUT2D eigenvalue weighted by atomic mass is 32.2. The van der Waals surface area contributed by atoms with E-state index in [0.717, 1.165) is 40.4 Å². The smallest absolute Gasteiger partial charge is 0.223 e. The first-order valence-corrected chi connectivity index (χ1v) is 9.00. The number of aryl methyl sites for hydroxylation is 1. The number of nitrogens with zero attached hydrogens (tertiary/aromatic N) is 3. The lowest BCUT2D eigenvalue weighted by atomic mass is 10.3. The Morgan fingerprint density at radius 1 is 1.43 bits per heavy atom. The molecule has 2 aromatic heterocycles. The van der Waals surface area contributed by atoms with E-state index in [9.17, 15) is 4.79 Å². The van der Waals surface area contributed by atoms with Gasteiger partial charge in [0.05, 0.1) is 0 Å². The minimum atomic E-state index is 0.211. The van der Waals surface area contributed by atoms with Crippen molar-refractivity contribution >= 4 is 39.2 Å². The van der Waals surface area contributed by atoms with E-state index in [1.165, 1.54) is 4.88 Å². The molecule has 21 heavy (non-hydrogen) atoms. The summed E-state index contributed by atoms with van der Waals surface area (Å²) in [4.78, 5) is 24.7. The molecule has 0 spiro atoms. The quantitative estimate of drug-likeness (QED) is 0.575. The van der Waals surface area contributed by atoms with E-state index in [1.807, 2.05) is 11.9 Å². The molecule has 0 aliphatic heterocycles. The Kier molecular flexibility index (Phi) is 5.99. The normalized spacial score (nSPS) is 11.0. The van der Waals surface area contributed by atoms with Crippen LogP contribution in [0.3, 0.4) is 0 Å². The van der Waals surface area contributed by atoms with Gasteiger partial charge in [0, 0.05) is 36.0 Å². The fraction of sp³-hybridized carbons (Fsp3) is 0.533. The van der Waals surface area contributed by atoms with Crippen LogP contribution in [0.25, 0.3) is 10.2 Å². The number of carbonyl (C=O) groups is 1. The van der Waals surface area contributed by atoms with Gasteiger partial charge in [0.25, 0.3) is 0 Å². The van der Waals surface area contributed by atoms with Crippen molar-refractivity contribution in [1.29, 1.82) is 0 Å². The summed E-state index contributed by atoms with van der Waals surface area (Å²) in [6.07, 6.45) is 4.34. The molecule has 0 fully saturated rings. The van der Waals surface area contributed by atoms with Crippen molar-refractivity contribution in [1.82, 2.24) is 14.9 Å². The fourth-order valence-electron chi connectivity index (χ4n) is 2.02. The summed E-state index contributed by atoms with van der Waals surface area (Å²) in [5.41, 5.74) is 0. The van der Waals surface area contributed by atoms with Crippen LogP contribution in [0.1, 0.15) is 31.1 Å². The van der Waals surface area contributed by atoms with Crippen molar-refractivity contribution in [2.75, 3.05) is 19.3 Å².